The summed E-state index contributed by atoms with van der Waals surface area (Å²) in [5, 5.41) is 0. The molecule has 0 aromatic carbocycles. The molecule has 0 radical (unpaired) electrons. The van der Waals surface area contributed by atoms with E-state index in [2.05, 4.69) is 41.5 Å². The van der Waals surface area contributed by atoms with Crippen molar-refractivity contribution in [3.8, 4) is 0 Å². The van der Waals surface area contributed by atoms with Gasteiger partial charge >= 0.3 is 0 Å². The summed E-state index contributed by atoms with van der Waals surface area (Å²) >= 11 is 0. The van der Waals surface area contributed by atoms with Crippen LogP contribution in [0.3, 0.4) is 0 Å². The van der Waals surface area contributed by atoms with E-state index in [0.29, 0.717) is 26.4 Å². The molecule has 0 bridgehead atoms. The van der Waals surface area contributed by atoms with E-state index in [9.17, 15) is 0 Å². The van der Waals surface area contributed by atoms with E-state index in [1.54, 1.807) is 31.4 Å². The fourth-order valence-corrected chi connectivity index (χ4v) is 16.6. The van der Waals surface area contributed by atoms with Gasteiger partial charge in [0.2, 0.25) is 9.48 Å². The van der Waals surface area contributed by atoms with Gasteiger partial charge in [-0.2, -0.15) is 0 Å². The summed E-state index contributed by atoms with van der Waals surface area (Å²) in [5.41, 5.74) is 0. The van der Waals surface area contributed by atoms with Crippen LogP contribution in [0.5, 0.6) is 0 Å². The van der Waals surface area contributed by atoms with Gasteiger partial charge in [-0.25, -0.2) is 0 Å². The molecule has 0 aromatic rings. The maximum atomic E-state index is 6.20. The predicted octanol–water partition coefficient (Wildman–Crippen LogP) is 5.94. The van der Waals surface area contributed by atoms with Crippen LogP contribution >= 0.6 is 31.4 Å². The molecule has 0 fully saturated rings. The molecule has 4 nitrogen and oxygen atoms in total. The zero-order valence-electron chi connectivity index (χ0n) is 19.8. The molecule has 0 heterocycles. The standard InChI is InChI=1S/C20H46O4S3Si2/c1-7-13-15-17-28-19(21-9-3,22-10-4)25-27-26-20(23-11-5,24-12-6)29-18-16-14-8-2/h7-18,28-29H2,1-6H3. The van der Waals surface area contributed by atoms with E-state index in [1.165, 1.54) is 50.6 Å². The van der Waals surface area contributed by atoms with Crippen LogP contribution in [-0.2, 0) is 18.9 Å². The lowest BCUT2D eigenvalue weighted by Gasteiger charge is -2.35. The van der Waals surface area contributed by atoms with Crippen LogP contribution in [0.15, 0.2) is 0 Å². The maximum absolute atomic E-state index is 6.20. The largest absolute Gasteiger partial charge is 0.345 e. The van der Waals surface area contributed by atoms with Gasteiger partial charge in [-0.15, -0.1) is 0 Å². The second-order valence-corrected chi connectivity index (χ2v) is 16.6. The molecular formula is C20H46O4S3Si2. The van der Waals surface area contributed by atoms with E-state index in [4.69, 9.17) is 18.9 Å². The van der Waals surface area contributed by atoms with Gasteiger partial charge < -0.3 is 18.9 Å². The Morgan fingerprint density at radius 1 is 0.552 bits per heavy atom. The highest BCUT2D eigenvalue weighted by molar-refractivity contribution is 9.10. The van der Waals surface area contributed by atoms with E-state index < -0.39 is 28.5 Å². The lowest BCUT2D eigenvalue weighted by atomic mass is 10.3. The summed E-state index contributed by atoms with van der Waals surface area (Å²) in [7, 11) is 4.23. The second kappa shape index (κ2) is 20.0. The fraction of sp³-hybridized carbons (Fsp3) is 1.00. The lowest BCUT2D eigenvalue weighted by Crippen LogP contribution is -2.40. The van der Waals surface area contributed by atoms with Crippen LogP contribution in [0, 0.1) is 0 Å². The van der Waals surface area contributed by atoms with Gasteiger partial charge in [0, 0.05) is 26.4 Å². The summed E-state index contributed by atoms with van der Waals surface area (Å²) in [6, 6.07) is 2.53. The molecule has 0 unspecified atom stereocenters. The van der Waals surface area contributed by atoms with Crippen LogP contribution in [0.1, 0.15) is 80.1 Å². The molecule has 0 rings (SSSR count). The Morgan fingerprint density at radius 2 is 0.897 bits per heavy atom. The highest BCUT2D eigenvalue weighted by Crippen LogP contribution is 2.50. The molecular weight excluding hydrogens is 457 g/mol. The zero-order valence-corrected chi connectivity index (χ0v) is 25.0. The number of hydrogen-bond acceptors (Lipinski definition) is 7. The van der Waals surface area contributed by atoms with Gasteiger partial charge in [0.15, 0.2) is 0 Å². The van der Waals surface area contributed by atoms with Crippen LogP contribution in [0.25, 0.3) is 0 Å². The Labute approximate surface area is 196 Å². The monoisotopic (exact) mass is 502 g/mol. The minimum atomic E-state index is -0.520. The summed E-state index contributed by atoms with van der Waals surface area (Å²) in [5.74, 6) is 0. The minimum Gasteiger partial charge on any atom is -0.345 e. The molecule has 0 aromatic heterocycles. The molecule has 0 aliphatic carbocycles. The van der Waals surface area contributed by atoms with E-state index in [0.717, 1.165) is 0 Å². The van der Waals surface area contributed by atoms with Crippen LogP contribution in [0.2, 0.25) is 12.1 Å². The van der Waals surface area contributed by atoms with Crippen molar-refractivity contribution in [1.29, 1.82) is 0 Å². The van der Waals surface area contributed by atoms with Crippen molar-refractivity contribution in [2.45, 2.75) is 102 Å². The van der Waals surface area contributed by atoms with Gasteiger partial charge in [-0.1, -0.05) is 64.5 Å². The minimum absolute atomic E-state index is 0.442. The van der Waals surface area contributed by atoms with Crippen molar-refractivity contribution >= 4 is 50.5 Å². The first-order valence-corrected chi connectivity index (χ1v) is 18.6. The Morgan fingerprint density at radius 3 is 1.17 bits per heavy atom. The summed E-state index contributed by atoms with van der Waals surface area (Å²) in [6.07, 6.45) is 7.70. The topological polar surface area (TPSA) is 36.9 Å². The molecule has 9 heteroatoms. The number of unbranched alkanes of at least 4 members (excludes halogenated alkanes) is 4. The molecule has 0 amide bonds. The SMILES string of the molecule is CCCCC[SiH2]C(OCC)(OCC)SSSC(OCC)(OCC)[SiH2]CCCCC. The smallest absolute Gasteiger partial charge is 0.200 e. The molecule has 0 N–H and O–H groups in total. The third-order valence-corrected chi connectivity index (χ3v) is 15.8. The van der Waals surface area contributed by atoms with Crippen LogP contribution in [0.4, 0.5) is 0 Å². The van der Waals surface area contributed by atoms with Crippen molar-refractivity contribution in [1.82, 2.24) is 0 Å². The fourth-order valence-electron chi connectivity index (χ4n) is 3.09. The van der Waals surface area contributed by atoms with Crippen molar-refractivity contribution in [3.63, 3.8) is 0 Å². The number of ether oxygens (including phenoxy) is 4. The van der Waals surface area contributed by atoms with Gasteiger partial charge in [0.1, 0.15) is 19.0 Å². The zero-order chi connectivity index (χ0) is 21.8. The molecule has 0 aliphatic rings. The Kier molecular flexibility index (Phi) is 20.9. The highest BCUT2D eigenvalue weighted by Gasteiger charge is 2.37. The number of hydrogen-bond donors (Lipinski definition) is 0. The normalized spacial score (nSPS) is 13.4. The lowest BCUT2D eigenvalue weighted by molar-refractivity contribution is -0.109. The number of rotatable bonds is 22. The van der Waals surface area contributed by atoms with Gasteiger partial charge in [0.05, 0.1) is 0 Å². The first-order valence-electron chi connectivity index (χ1n) is 11.7. The Hall–Kier alpha value is 1.32. The van der Waals surface area contributed by atoms with Crippen molar-refractivity contribution in [2.24, 2.45) is 0 Å². The van der Waals surface area contributed by atoms with Crippen molar-refractivity contribution in [2.75, 3.05) is 26.4 Å². The van der Waals surface area contributed by atoms with Crippen LogP contribution in [-0.4, -0.2) is 55.0 Å². The van der Waals surface area contributed by atoms with Gasteiger partial charge in [-0.05, 0) is 59.1 Å². The molecule has 29 heavy (non-hydrogen) atoms. The maximum Gasteiger partial charge on any atom is 0.200 e. The average molecular weight is 503 g/mol. The van der Waals surface area contributed by atoms with Gasteiger partial charge in [0.25, 0.3) is 0 Å². The van der Waals surface area contributed by atoms with Crippen molar-refractivity contribution < 1.29 is 18.9 Å². The summed E-state index contributed by atoms with van der Waals surface area (Å²) < 4.78 is 23.9. The van der Waals surface area contributed by atoms with E-state index >= 15 is 0 Å². The first-order chi connectivity index (χ1) is 14.1. The van der Waals surface area contributed by atoms with Crippen LogP contribution < -0.4 is 0 Å². The predicted molar refractivity (Wildman–Crippen MR) is 140 cm³/mol. The molecule has 176 valence electrons. The molecule has 0 saturated carbocycles. The second-order valence-electron chi connectivity index (χ2n) is 6.95. The third kappa shape index (κ3) is 14.2. The average Bonchev–Trinajstić information content (AvgIpc) is 2.69. The summed E-state index contributed by atoms with van der Waals surface area (Å²) in [6.45, 7) is 15.5. The van der Waals surface area contributed by atoms with E-state index in [-0.39, 0.29) is 0 Å². The van der Waals surface area contributed by atoms with E-state index in [1.807, 2.05) is 0 Å². The Balaban J connectivity index is 4.97. The molecule has 0 aliphatic heterocycles. The molecule has 0 atom stereocenters. The summed E-state index contributed by atoms with van der Waals surface area (Å²) in [4.78, 5) is 0. The van der Waals surface area contributed by atoms with Gasteiger partial charge in [-0.3, -0.25) is 0 Å². The molecule has 0 spiro atoms. The molecule has 0 saturated heterocycles. The first kappa shape index (κ1) is 30.3. The third-order valence-electron chi connectivity index (χ3n) is 4.45. The quantitative estimate of drug-likeness (QED) is 0.0784. The van der Waals surface area contributed by atoms with Crippen molar-refractivity contribution in [3.05, 3.63) is 0 Å². The Bertz CT molecular complexity index is 325. The highest BCUT2D eigenvalue weighted by atomic mass is 33.5.